The average molecular weight is 601 g/mol. The quantitative estimate of drug-likeness (QED) is 0.146. The van der Waals surface area contributed by atoms with E-state index in [1.165, 1.54) is 22.3 Å². The van der Waals surface area contributed by atoms with Crippen molar-refractivity contribution in [3.63, 3.8) is 0 Å². The molecule has 0 N–H and O–H groups in total. The third-order valence-electron chi connectivity index (χ3n) is 7.85. The van der Waals surface area contributed by atoms with Gasteiger partial charge in [-0.2, -0.15) is 23.5 Å². The van der Waals surface area contributed by atoms with Gasteiger partial charge in [-0.15, -0.1) is 0 Å². The SMILES string of the molecule is Cc1cc2nc(CSCCCSCc3nc4cc(C)c(C)cc4nc3-c3ccccc3)c(-c3ccccc3)nc2cc1C. The molecule has 6 aromatic rings. The largest absolute Gasteiger partial charge is 0.248 e. The monoisotopic (exact) mass is 600 g/mol. The van der Waals surface area contributed by atoms with Crippen LogP contribution in [0.2, 0.25) is 0 Å². The van der Waals surface area contributed by atoms with Crippen LogP contribution in [0.1, 0.15) is 40.1 Å². The van der Waals surface area contributed by atoms with Crippen LogP contribution in [0.5, 0.6) is 0 Å². The van der Waals surface area contributed by atoms with Crippen LogP contribution in [-0.2, 0) is 11.5 Å². The molecule has 0 atom stereocenters. The highest BCUT2D eigenvalue weighted by atomic mass is 32.2. The fraction of sp³-hybridized carbons (Fsp3) is 0.243. The molecule has 6 rings (SSSR count). The molecule has 4 nitrogen and oxygen atoms in total. The first kappa shape index (κ1) is 29.3. The van der Waals surface area contributed by atoms with E-state index < -0.39 is 0 Å². The maximum absolute atomic E-state index is 5.10. The van der Waals surface area contributed by atoms with Gasteiger partial charge in [0.15, 0.2) is 0 Å². The number of aryl methyl sites for hydroxylation is 4. The van der Waals surface area contributed by atoms with Crippen molar-refractivity contribution in [3.05, 3.63) is 119 Å². The molecule has 43 heavy (non-hydrogen) atoms. The summed E-state index contributed by atoms with van der Waals surface area (Å²) in [6.45, 7) is 8.55. The Labute approximate surface area is 262 Å². The summed E-state index contributed by atoms with van der Waals surface area (Å²) >= 11 is 3.88. The number of nitrogens with zero attached hydrogens (tertiary/aromatic N) is 4. The Morgan fingerprint density at radius 2 is 0.814 bits per heavy atom. The van der Waals surface area contributed by atoms with E-state index in [9.17, 15) is 0 Å². The zero-order valence-corrected chi connectivity index (χ0v) is 26.9. The fourth-order valence-corrected chi connectivity index (χ4v) is 7.11. The standard InChI is InChI=1S/C37H36N4S2/c1-24-18-30-32(20-26(24)3)40-36(28-12-7-5-8-13-28)34(38-30)22-42-16-11-17-43-23-35-37(29-14-9-6-10-15-29)41-33-21-27(4)25(2)19-31(33)39-35/h5-10,12-15,18-21H,11,16-17,22-23H2,1-4H3. The second-order valence-electron chi connectivity index (χ2n) is 11.1. The molecule has 0 radical (unpaired) electrons. The Morgan fingerprint density at radius 1 is 0.465 bits per heavy atom. The number of hydrogen-bond acceptors (Lipinski definition) is 6. The van der Waals surface area contributed by atoms with Gasteiger partial charge in [-0.05, 0) is 92.1 Å². The zero-order valence-electron chi connectivity index (χ0n) is 25.2. The van der Waals surface area contributed by atoms with E-state index in [4.69, 9.17) is 19.9 Å². The highest BCUT2D eigenvalue weighted by molar-refractivity contribution is 7.99. The highest BCUT2D eigenvalue weighted by Crippen LogP contribution is 2.30. The number of thioether (sulfide) groups is 2. The van der Waals surface area contributed by atoms with Gasteiger partial charge in [0.1, 0.15) is 0 Å². The van der Waals surface area contributed by atoms with Crippen molar-refractivity contribution in [2.75, 3.05) is 11.5 Å². The van der Waals surface area contributed by atoms with E-state index in [0.29, 0.717) is 0 Å². The van der Waals surface area contributed by atoms with Crippen LogP contribution in [0.15, 0.2) is 84.9 Å². The van der Waals surface area contributed by atoms with Crippen molar-refractivity contribution in [2.24, 2.45) is 0 Å². The van der Waals surface area contributed by atoms with Crippen LogP contribution >= 0.6 is 23.5 Å². The van der Waals surface area contributed by atoms with Crippen LogP contribution in [0, 0.1) is 27.7 Å². The van der Waals surface area contributed by atoms with Gasteiger partial charge in [-0.1, -0.05) is 60.7 Å². The molecular weight excluding hydrogens is 565 g/mol. The topological polar surface area (TPSA) is 51.6 Å². The van der Waals surface area contributed by atoms with Crippen LogP contribution in [0.25, 0.3) is 44.6 Å². The summed E-state index contributed by atoms with van der Waals surface area (Å²) in [6.07, 6.45) is 1.12. The van der Waals surface area contributed by atoms with Crippen molar-refractivity contribution in [3.8, 4) is 22.5 Å². The van der Waals surface area contributed by atoms with Crippen LogP contribution < -0.4 is 0 Å². The van der Waals surface area contributed by atoms with Gasteiger partial charge in [0.25, 0.3) is 0 Å². The van der Waals surface area contributed by atoms with E-state index in [1.807, 2.05) is 35.7 Å². The third-order valence-corrected chi connectivity index (χ3v) is 9.96. The van der Waals surface area contributed by atoms with Crippen molar-refractivity contribution >= 4 is 45.6 Å². The summed E-state index contributed by atoms with van der Waals surface area (Å²) < 4.78 is 0. The van der Waals surface area contributed by atoms with E-state index in [0.717, 1.165) is 85.4 Å². The lowest BCUT2D eigenvalue weighted by molar-refractivity contribution is 1.10. The minimum atomic E-state index is 0.845. The lowest BCUT2D eigenvalue weighted by atomic mass is 10.1. The molecule has 2 heterocycles. The second-order valence-corrected chi connectivity index (χ2v) is 13.3. The van der Waals surface area contributed by atoms with Crippen LogP contribution in [0.4, 0.5) is 0 Å². The fourth-order valence-electron chi connectivity index (χ4n) is 5.15. The van der Waals surface area contributed by atoms with E-state index in [1.54, 1.807) is 0 Å². The molecule has 216 valence electrons. The maximum atomic E-state index is 5.10. The Morgan fingerprint density at radius 3 is 1.19 bits per heavy atom. The first-order valence-corrected chi connectivity index (χ1v) is 17.1. The zero-order chi connectivity index (χ0) is 29.8. The number of fused-ring (bicyclic) bond motifs is 2. The molecule has 0 spiro atoms. The molecule has 2 aromatic heterocycles. The molecular formula is C37H36N4S2. The van der Waals surface area contributed by atoms with Crippen molar-refractivity contribution in [2.45, 2.75) is 45.6 Å². The smallest absolute Gasteiger partial charge is 0.0933 e. The van der Waals surface area contributed by atoms with E-state index >= 15 is 0 Å². The lowest BCUT2D eigenvalue weighted by Gasteiger charge is -2.12. The average Bonchev–Trinajstić information content (AvgIpc) is 3.02. The van der Waals surface area contributed by atoms with Gasteiger partial charge in [-0.25, -0.2) is 19.9 Å². The lowest BCUT2D eigenvalue weighted by Crippen LogP contribution is -2.00. The summed E-state index contributed by atoms with van der Waals surface area (Å²) in [5.74, 6) is 3.83. The number of benzene rings is 4. The van der Waals surface area contributed by atoms with E-state index in [2.05, 4.69) is 100 Å². The Balaban J connectivity index is 1.11. The molecule has 4 aromatic carbocycles. The van der Waals surface area contributed by atoms with Gasteiger partial charge in [0, 0.05) is 22.6 Å². The Hall–Kier alpha value is -3.74. The molecule has 0 bridgehead atoms. The Kier molecular flexibility index (Phi) is 9.06. The molecule has 0 aliphatic heterocycles. The molecule has 6 heteroatoms. The number of hydrogen-bond donors (Lipinski definition) is 0. The van der Waals surface area contributed by atoms with Gasteiger partial charge in [-0.3, -0.25) is 0 Å². The van der Waals surface area contributed by atoms with Gasteiger partial charge < -0.3 is 0 Å². The molecule has 0 saturated heterocycles. The predicted molar refractivity (Wildman–Crippen MR) is 186 cm³/mol. The summed E-state index contributed by atoms with van der Waals surface area (Å²) in [6, 6.07) is 29.5. The molecule has 0 saturated carbocycles. The normalized spacial score (nSPS) is 11.4. The first-order valence-electron chi connectivity index (χ1n) is 14.8. The minimum absolute atomic E-state index is 0.845. The summed E-state index contributed by atoms with van der Waals surface area (Å²) in [4.78, 5) is 20.4. The van der Waals surface area contributed by atoms with Crippen molar-refractivity contribution in [1.82, 2.24) is 19.9 Å². The summed E-state index contributed by atoms with van der Waals surface area (Å²) in [5, 5.41) is 0. The van der Waals surface area contributed by atoms with Crippen molar-refractivity contribution in [1.29, 1.82) is 0 Å². The first-order chi connectivity index (χ1) is 21.0. The number of aromatic nitrogens is 4. The molecule has 0 aliphatic rings. The van der Waals surface area contributed by atoms with Crippen molar-refractivity contribution < 1.29 is 0 Å². The van der Waals surface area contributed by atoms with Gasteiger partial charge >= 0.3 is 0 Å². The summed E-state index contributed by atoms with van der Waals surface area (Å²) in [5.41, 5.74) is 15.2. The highest BCUT2D eigenvalue weighted by Gasteiger charge is 2.14. The van der Waals surface area contributed by atoms with Crippen LogP contribution in [0.3, 0.4) is 0 Å². The minimum Gasteiger partial charge on any atom is -0.248 e. The maximum Gasteiger partial charge on any atom is 0.0933 e. The number of rotatable bonds is 10. The molecule has 0 amide bonds. The van der Waals surface area contributed by atoms with E-state index in [-0.39, 0.29) is 0 Å². The second kappa shape index (κ2) is 13.3. The predicted octanol–water partition coefficient (Wildman–Crippen LogP) is 9.70. The summed E-state index contributed by atoms with van der Waals surface area (Å²) in [7, 11) is 0. The molecule has 0 fully saturated rings. The third kappa shape index (κ3) is 6.76. The van der Waals surface area contributed by atoms with Gasteiger partial charge in [0.2, 0.25) is 0 Å². The molecule has 0 aliphatic carbocycles. The van der Waals surface area contributed by atoms with Crippen LogP contribution in [-0.4, -0.2) is 31.4 Å². The molecule has 0 unspecified atom stereocenters. The van der Waals surface area contributed by atoms with Gasteiger partial charge in [0.05, 0.1) is 44.8 Å². The Bertz CT molecular complexity index is 1750.